The number of hydrogen-bond acceptors (Lipinski definition) is 5. The van der Waals surface area contributed by atoms with Gasteiger partial charge in [0.25, 0.3) is 0 Å². The van der Waals surface area contributed by atoms with Crippen molar-refractivity contribution in [3.05, 3.63) is 28.8 Å². The number of halogens is 3. The van der Waals surface area contributed by atoms with Gasteiger partial charge < -0.3 is 9.84 Å². The van der Waals surface area contributed by atoms with Gasteiger partial charge in [-0.25, -0.2) is 0 Å². The summed E-state index contributed by atoms with van der Waals surface area (Å²) in [4.78, 5) is 11.3. The molecular formula is C13H12F3NO3S. The minimum atomic E-state index is -4.50. The van der Waals surface area contributed by atoms with E-state index in [1.165, 1.54) is 0 Å². The molecule has 0 aliphatic rings. The lowest BCUT2D eigenvalue weighted by Gasteiger charge is -2.13. The van der Waals surface area contributed by atoms with E-state index in [2.05, 4.69) is 0 Å². The summed E-state index contributed by atoms with van der Waals surface area (Å²) in [6.07, 6.45) is -0.274. The summed E-state index contributed by atoms with van der Waals surface area (Å²) in [7, 11) is 0. The fourth-order valence-corrected chi connectivity index (χ4v) is 2.35. The Labute approximate surface area is 123 Å². The number of esters is 1. The van der Waals surface area contributed by atoms with E-state index >= 15 is 0 Å². The second-order valence-corrected chi connectivity index (χ2v) is 5.05. The first-order valence-electron chi connectivity index (χ1n) is 5.88. The largest absolute Gasteiger partial charge is 0.466 e. The highest BCUT2D eigenvalue weighted by Gasteiger charge is 2.30. The highest BCUT2D eigenvalue weighted by molar-refractivity contribution is 8.00. The topological polar surface area (TPSA) is 70.3 Å². The molecule has 0 aliphatic heterocycles. The maximum atomic E-state index is 12.4. The van der Waals surface area contributed by atoms with Gasteiger partial charge >= 0.3 is 11.5 Å². The van der Waals surface area contributed by atoms with Crippen LogP contribution in [0, 0.1) is 11.3 Å². The Morgan fingerprint density at radius 3 is 2.62 bits per heavy atom. The SMILES string of the molecule is CCOC(=O)Cc1c(C#N)cc(SC(F)(F)F)cc1CO. The summed E-state index contributed by atoms with van der Waals surface area (Å²) in [5.41, 5.74) is -4.29. The molecule has 0 atom stereocenters. The quantitative estimate of drug-likeness (QED) is 0.667. The van der Waals surface area contributed by atoms with E-state index in [4.69, 9.17) is 10.00 Å². The van der Waals surface area contributed by atoms with Gasteiger partial charge in [0.05, 0.1) is 31.3 Å². The van der Waals surface area contributed by atoms with Crippen molar-refractivity contribution in [1.82, 2.24) is 0 Å². The number of aliphatic hydroxyl groups is 1. The van der Waals surface area contributed by atoms with Crippen LogP contribution in [0.25, 0.3) is 0 Å². The molecule has 0 bridgehead atoms. The zero-order valence-corrected chi connectivity index (χ0v) is 11.8. The van der Waals surface area contributed by atoms with Gasteiger partial charge in [-0.2, -0.15) is 18.4 Å². The first-order chi connectivity index (χ1) is 9.80. The minimum Gasteiger partial charge on any atom is -0.466 e. The van der Waals surface area contributed by atoms with Crippen LogP contribution in [0.5, 0.6) is 0 Å². The molecule has 0 aromatic heterocycles. The van der Waals surface area contributed by atoms with Crippen molar-refractivity contribution in [1.29, 1.82) is 5.26 Å². The Hall–Kier alpha value is -1.72. The van der Waals surface area contributed by atoms with Crippen molar-refractivity contribution in [2.75, 3.05) is 6.61 Å². The lowest BCUT2D eigenvalue weighted by molar-refractivity contribution is -0.142. The third-order valence-corrected chi connectivity index (χ3v) is 3.17. The van der Waals surface area contributed by atoms with E-state index in [1.54, 1.807) is 13.0 Å². The van der Waals surface area contributed by atoms with E-state index in [9.17, 15) is 23.1 Å². The zero-order chi connectivity index (χ0) is 16.0. The van der Waals surface area contributed by atoms with E-state index < -0.39 is 18.1 Å². The summed E-state index contributed by atoms with van der Waals surface area (Å²) in [6, 6.07) is 3.91. The summed E-state index contributed by atoms with van der Waals surface area (Å²) in [5, 5.41) is 18.3. The van der Waals surface area contributed by atoms with E-state index in [1.807, 2.05) is 0 Å². The number of alkyl halides is 3. The summed E-state index contributed by atoms with van der Waals surface area (Å²) in [6.45, 7) is 1.19. The summed E-state index contributed by atoms with van der Waals surface area (Å²) >= 11 is -0.381. The average molecular weight is 319 g/mol. The van der Waals surface area contributed by atoms with E-state index in [0.717, 1.165) is 12.1 Å². The molecule has 0 heterocycles. The summed E-state index contributed by atoms with van der Waals surface area (Å²) in [5.74, 6) is -0.611. The van der Waals surface area contributed by atoms with Gasteiger partial charge in [0, 0.05) is 4.90 Å². The fraction of sp³-hybridized carbons (Fsp3) is 0.385. The maximum Gasteiger partial charge on any atom is 0.446 e. The minimum absolute atomic E-state index is 0.0821. The van der Waals surface area contributed by atoms with Gasteiger partial charge in [0.1, 0.15) is 0 Å². The third kappa shape index (κ3) is 5.28. The molecule has 4 nitrogen and oxygen atoms in total. The van der Waals surface area contributed by atoms with Crippen LogP contribution in [0.3, 0.4) is 0 Å². The second-order valence-electron chi connectivity index (χ2n) is 3.91. The first kappa shape index (κ1) is 17.3. The lowest BCUT2D eigenvalue weighted by atomic mass is 9.99. The molecule has 21 heavy (non-hydrogen) atoms. The number of hydrogen-bond donors (Lipinski definition) is 1. The standard InChI is InChI=1S/C13H12F3NO3S/c1-2-20-12(19)5-11-8(6-17)3-10(4-9(11)7-18)21-13(14,15)16/h3-4,18H,2,5,7H2,1H3. The molecule has 8 heteroatoms. The van der Waals surface area contributed by atoms with Crippen molar-refractivity contribution >= 4 is 17.7 Å². The highest BCUT2D eigenvalue weighted by Crippen LogP contribution is 2.38. The number of carbonyl (C=O) groups is 1. The van der Waals surface area contributed by atoms with Gasteiger partial charge in [-0.05, 0) is 41.9 Å². The molecule has 1 aromatic carbocycles. The number of ether oxygens (including phenoxy) is 1. The second kappa shape index (κ2) is 7.33. The van der Waals surface area contributed by atoms with Crippen LogP contribution in [0.1, 0.15) is 23.6 Å². The molecule has 0 amide bonds. The van der Waals surface area contributed by atoms with Gasteiger partial charge in [0.2, 0.25) is 0 Å². The molecule has 0 saturated heterocycles. The van der Waals surface area contributed by atoms with Crippen LogP contribution >= 0.6 is 11.8 Å². The molecule has 1 aromatic rings. The molecule has 0 radical (unpaired) electrons. The predicted molar refractivity (Wildman–Crippen MR) is 69.3 cm³/mol. The number of aliphatic hydroxyl groups excluding tert-OH is 1. The molecule has 0 aliphatic carbocycles. The Balaban J connectivity index is 3.19. The van der Waals surface area contributed by atoms with Crippen LogP contribution in [0.15, 0.2) is 17.0 Å². The van der Waals surface area contributed by atoms with Crippen LogP contribution in [-0.2, 0) is 22.6 Å². The van der Waals surface area contributed by atoms with E-state index in [-0.39, 0.29) is 46.4 Å². The van der Waals surface area contributed by atoms with Gasteiger partial charge in [-0.1, -0.05) is 0 Å². The molecular weight excluding hydrogens is 307 g/mol. The lowest BCUT2D eigenvalue weighted by Crippen LogP contribution is -2.11. The normalized spacial score (nSPS) is 11.0. The van der Waals surface area contributed by atoms with Crippen molar-refractivity contribution in [2.45, 2.75) is 30.4 Å². The number of nitriles is 1. The Kier molecular flexibility index (Phi) is 6.05. The van der Waals surface area contributed by atoms with Crippen molar-refractivity contribution in [3.63, 3.8) is 0 Å². The Morgan fingerprint density at radius 2 is 2.14 bits per heavy atom. The number of carbonyl (C=O) groups excluding carboxylic acids is 1. The van der Waals surface area contributed by atoms with Gasteiger partial charge in [0.15, 0.2) is 0 Å². The van der Waals surface area contributed by atoms with Crippen LogP contribution in [-0.4, -0.2) is 23.2 Å². The highest BCUT2D eigenvalue weighted by atomic mass is 32.2. The third-order valence-electron chi connectivity index (χ3n) is 2.47. The van der Waals surface area contributed by atoms with Crippen molar-refractivity contribution in [2.24, 2.45) is 0 Å². The molecule has 1 rings (SSSR count). The van der Waals surface area contributed by atoms with Crippen LogP contribution in [0.2, 0.25) is 0 Å². The maximum absolute atomic E-state index is 12.4. The number of benzene rings is 1. The molecule has 114 valence electrons. The smallest absolute Gasteiger partial charge is 0.446 e. The predicted octanol–water partition coefficient (Wildman–Crippen LogP) is 2.77. The first-order valence-corrected chi connectivity index (χ1v) is 6.70. The monoisotopic (exact) mass is 319 g/mol. The molecule has 0 fully saturated rings. The van der Waals surface area contributed by atoms with Crippen LogP contribution < -0.4 is 0 Å². The van der Waals surface area contributed by atoms with E-state index in [0.29, 0.717) is 0 Å². The Morgan fingerprint density at radius 1 is 1.48 bits per heavy atom. The van der Waals surface area contributed by atoms with Crippen molar-refractivity contribution < 1.29 is 27.8 Å². The molecule has 0 spiro atoms. The van der Waals surface area contributed by atoms with Gasteiger partial charge in [-0.3, -0.25) is 4.79 Å². The average Bonchev–Trinajstić information content (AvgIpc) is 2.38. The number of thioether (sulfide) groups is 1. The number of nitrogens with zero attached hydrogens (tertiary/aromatic N) is 1. The summed E-state index contributed by atoms with van der Waals surface area (Å²) < 4.78 is 41.8. The number of rotatable bonds is 5. The fourth-order valence-electron chi connectivity index (χ4n) is 1.70. The van der Waals surface area contributed by atoms with Crippen LogP contribution in [0.4, 0.5) is 13.2 Å². The zero-order valence-electron chi connectivity index (χ0n) is 11.0. The Bertz CT molecular complexity index is 567. The molecule has 1 N–H and O–H groups in total. The molecule has 0 saturated carbocycles. The van der Waals surface area contributed by atoms with Crippen molar-refractivity contribution in [3.8, 4) is 6.07 Å². The van der Waals surface area contributed by atoms with Gasteiger partial charge in [-0.15, -0.1) is 0 Å². The molecule has 0 unspecified atom stereocenters.